The number of rotatable bonds is 4. The molecule has 1 aliphatic rings. The van der Waals surface area contributed by atoms with Crippen LogP contribution in [0.3, 0.4) is 0 Å². The quantitative estimate of drug-likeness (QED) is 0.757. The Morgan fingerprint density at radius 2 is 1.96 bits per heavy atom. The van der Waals surface area contributed by atoms with E-state index in [1.165, 1.54) is 7.11 Å². The van der Waals surface area contributed by atoms with Crippen LogP contribution in [0.5, 0.6) is 11.5 Å². The van der Waals surface area contributed by atoms with Gasteiger partial charge in [0.2, 0.25) is 0 Å². The average molecular weight is 394 g/mol. The molecule has 25 heavy (non-hydrogen) atoms. The Morgan fingerprint density at radius 1 is 1.24 bits per heavy atom. The van der Waals surface area contributed by atoms with Gasteiger partial charge in [-0.2, -0.15) is 0 Å². The standard InChI is InChI=1S/C17H20ClN3O2.ClH.Na.H/c1-23-16-11-14(18)13(10-15(16)22)12-20-6-8-21(9-7-20)17-4-2-3-5-19-17;;;/h2-5,10-11,22H,6-9,12H2,1H3;1H;;/q;;+1;-1. The Bertz CT molecular complexity index is 675. The van der Waals surface area contributed by atoms with Gasteiger partial charge >= 0.3 is 29.6 Å². The third-order valence-corrected chi connectivity index (χ3v) is 4.44. The molecule has 1 saturated heterocycles. The molecule has 1 aromatic heterocycles. The van der Waals surface area contributed by atoms with Crippen LogP contribution >= 0.6 is 24.0 Å². The Balaban J connectivity index is 0.00000208. The van der Waals surface area contributed by atoms with Crippen molar-refractivity contribution in [2.75, 3.05) is 38.2 Å². The maximum Gasteiger partial charge on any atom is 1.00 e. The van der Waals surface area contributed by atoms with Gasteiger partial charge in [0.15, 0.2) is 11.5 Å². The minimum atomic E-state index is 0. The van der Waals surface area contributed by atoms with E-state index in [9.17, 15) is 5.11 Å². The first-order valence-electron chi connectivity index (χ1n) is 7.61. The van der Waals surface area contributed by atoms with Crippen LogP contribution in [0.15, 0.2) is 36.5 Å². The summed E-state index contributed by atoms with van der Waals surface area (Å²) >= 11 is 6.29. The molecule has 3 rings (SSSR count). The second kappa shape index (κ2) is 10.5. The summed E-state index contributed by atoms with van der Waals surface area (Å²) < 4.78 is 5.07. The number of aromatic hydroxyl groups is 1. The molecule has 1 aromatic carbocycles. The van der Waals surface area contributed by atoms with Crippen molar-refractivity contribution in [3.8, 4) is 11.5 Å². The molecule has 5 nitrogen and oxygen atoms in total. The van der Waals surface area contributed by atoms with E-state index in [2.05, 4.69) is 14.8 Å². The fraction of sp³-hybridized carbons (Fsp3) is 0.353. The normalized spacial score (nSPS) is 14.4. The number of piperazine rings is 1. The summed E-state index contributed by atoms with van der Waals surface area (Å²) in [5, 5.41) is 10.5. The molecule has 2 heterocycles. The first-order chi connectivity index (χ1) is 11.2. The minimum absolute atomic E-state index is 0. The van der Waals surface area contributed by atoms with Crippen molar-refractivity contribution in [2.24, 2.45) is 0 Å². The molecular weight excluding hydrogens is 372 g/mol. The zero-order valence-electron chi connectivity index (χ0n) is 15.5. The smallest absolute Gasteiger partial charge is 1.00 e. The third kappa shape index (κ3) is 5.64. The van der Waals surface area contributed by atoms with E-state index in [1.54, 1.807) is 12.1 Å². The maximum atomic E-state index is 9.92. The molecular formula is C17H22Cl2N3NaO2. The number of nitrogens with zero attached hydrogens (tertiary/aromatic N) is 3. The van der Waals surface area contributed by atoms with E-state index in [-0.39, 0.29) is 49.1 Å². The molecule has 0 bridgehead atoms. The first-order valence-corrected chi connectivity index (χ1v) is 7.99. The van der Waals surface area contributed by atoms with Gasteiger partial charge in [0.05, 0.1) is 7.11 Å². The Hall–Kier alpha value is -0.690. The molecule has 0 spiro atoms. The maximum absolute atomic E-state index is 9.92. The number of aromatic nitrogens is 1. The van der Waals surface area contributed by atoms with Crippen molar-refractivity contribution in [3.63, 3.8) is 0 Å². The van der Waals surface area contributed by atoms with Gasteiger partial charge in [-0.25, -0.2) is 4.98 Å². The molecule has 0 atom stereocenters. The number of anilines is 1. The van der Waals surface area contributed by atoms with Crippen molar-refractivity contribution in [3.05, 3.63) is 47.1 Å². The fourth-order valence-corrected chi connectivity index (χ4v) is 3.00. The van der Waals surface area contributed by atoms with Crippen LogP contribution in [0.4, 0.5) is 5.82 Å². The second-order valence-corrected chi connectivity index (χ2v) is 5.97. The number of halogens is 2. The largest absolute Gasteiger partial charge is 1.00 e. The average Bonchev–Trinajstić information content (AvgIpc) is 2.59. The number of phenolic OH excluding ortho intramolecular Hbond substituents is 1. The number of phenols is 1. The Kier molecular flexibility index (Phi) is 9.35. The van der Waals surface area contributed by atoms with Gasteiger partial charge in [-0.1, -0.05) is 17.7 Å². The van der Waals surface area contributed by atoms with Crippen LogP contribution < -0.4 is 39.2 Å². The molecule has 0 aliphatic carbocycles. The zero-order chi connectivity index (χ0) is 16.2. The van der Waals surface area contributed by atoms with E-state index in [1.807, 2.05) is 24.4 Å². The van der Waals surface area contributed by atoms with Crippen LogP contribution in [-0.4, -0.2) is 48.3 Å². The topological polar surface area (TPSA) is 48.8 Å². The molecule has 1 N–H and O–H groups in total. The van der Waals surface area contributed by atoms with Crippen LogP contribution in [0.1, 0.15) is 6.99 Å². The molecule has 132 valence electrons. The van der Waals surface area contributed by atoms with Gasteiger partial charge in [0, 0.05) is 50.0 Å². The van der Waals surface area contributed by atoms with Crippen molar-refractivity contribution in [2.45, 2.75) is 6.54 Å². The number of benzene rings is 1. The zero-order valence-corrected chi connectivity index (χ0v) is 18.1. The molecule has 1 fully saturated rings. The van der Waals surface area contributed by atoms with Crippen molar-refractivity contribution >= 4 is 29.8 Å². The predicted molar refractivity (Wildman–Crippen MR) is 99.8 cm³/mol. The van der Waals surface area contributed by atoms with Gasteiger partial charge in [-0.15, -0.1) is 12.4 Å². The molecule has 2 aromatic rings. The first kappa shape index (κ1) is 22.4. The summed E-state index contributed by atoms with van der Waals surface area (Å²) in [6.07, 6.45) is 1.82. The predicted octanol–water partition coefficient (Wildman–Crippen LogP) is 0.310. The number of methoxy groups -OCH3 is 1. The molecule has 1 aliphatic heterocycles. The van der Waals surface area contributed by atoms with Crippen molar-refractivity contribution in [1.82, 2.24) is 9.88 Å². The van der Waals surface area contributed by atoms with Gasteiger partial charge in [-0.3, -0.25) is 4.90 Å². The fourth-order valence-electron chi connectivity index (χ4n) is 2.79. The molecule has 0 amide bonds. The van der Waals surface area contributed by atoms with Gasteiger partial charge in [0.1, 0.15) is 5.82 Å². The van der Waals surface area contributed by atoms with Crippen molar-refractivity contribution in [1.29, 1.82) is 0 Å². The number of hydrogen-bond acceptors (Lipinski definition) is 5. The number of pyridine rings is 1. The van der Waals surface area contributed by atoms with E-state index in [4.69, 9.17) is 16.3 Å². The van der Waals surface area contributed by atoms with Crippen molar-refractivity contribution < 1.29 is 40.8 Å². The summed E-state index contributed by atoms with van der Waals surface area (Å²) in [4.78, 5) is 9.00. The number of ether oxygens (including phenoxy) is 1. The minimum Gasteiger partial charge on any atom is -1.00 e. The van der Waals surface area contributed by atoms with Crippen LogP contribution in [0.2, 0.25) is 5.02 Å². The Labute approximate surface area is 183 Å². The SMILES string of the molecule is COc1cc(Cl)c(CN2CCN(c3ccccn3)CC2)cc1O.Cl.[H-].[Na+]. The molecule has 0 saturated carbocycles. The number of hydrogen-bond donors (Lipinski definition) is 1. The monoisotopic (exact) mass is 393 g/mol. The van der Waals surface area contributed by atoms with E-state index in [0.29, 0.717) is 17.3 Å². The second-order valence-electron chi connectivity index (χ2n) is 5.57. The summed E-state index contributed by atoms with van der Waals surface area (Å²) in [7, 11) is 1.52. The van der Waals surface area contributed by atoms with Gasteiger partial charge in [0.25, 0.3) is 0 Å². The Morgan fingerprint density at radius 3 is 2.56 bits per heavy atom. The van der Waals surface area contributed by atoms with E-state index >= 15 is 0 Å². The molecule has 0 radical (unpaired) electrons. The summed E-state index contributed by atoms with van der Waals surface area (Å²) in [5.74, 6) is 1.55. The van der Waals surface area contributed by atoms with Crippen LogP contribution in [-0.2, 0) is 6.54 Å². The van der Waals surface area contributed by atoms with Gasteiger partial charge in [-0.05, 0) is 23.8 Å². The van der Waals surface area contributed by atoms with E-state index < -0.39 is 0 Å². The van der Waals surface area contributed by atoms with E-state index in [0.717, 1.165) is 37.6 Å². The molecule has 0 unspecified atom stereocenters. The molecule has 8 heteroatoms. The van der Waals surface area contributed by atoms with Crippen LogP contribution in [0.25, 0.3) is 0 Å². The summed E-state index contributed by atoms with van der Waals surface area (Å²) in [5.41, 5.74) is 0.913. The summed E-state index contributed by atoms with van der Waals surface area (Å²) in [6.45, 7) is 4.43. The van der Waals surface area contributed by atoms with Crippen LogP contribution in [0, 0.1) is 0 Å². The van der Waals surface area contributed by atoms with Gasteiger partial charge < -0.3 is 16.2 Å². The summed E-state index contributed by atoms with van der Waals surface area (Å²) in [6, 6.07) is 9.32. The third-order valence-electron chi connectivity index (χ3n) is 4.09.